The molecule has 0 fully saturated rings. The fourth-order valence-electron chi connectivity index (χ4n) is 2.45. The van der Waals surface area contributed by atoms with Gasteiger partial charge in [-0.1, -0.05) is 41.5 Å². The Labute approximate surface area is 146 Å². The van der Waals surface area contributed by atoms with Crippen molar-refractivity contribution in [2.45, 2.75) is 6.92 Å². The van der Waals surface area contributed by atoms with Crippen molar-refractivity contribution in [3.63, 3.8) is 0 Å². The Morgan fingerprint density at radius 1 is 0.917 bits per heavy atom. The van der Waals surface area contributed by atoms with Crippen LogP contribution in [0.4, 0.5) is 11.4 Å². The number of quaternary nitrogens is 1. The van der Waals surface area contributed by atoms with Crippen LogP contribution in [0.2, 0.25) is 0 Å². The van der Waals surface area contributed by atoms with Crippen molar-refractivity contribution in [3.8, 4) is 5.75 Å². The zero-order valence-electron chi connectivity index (χ0n) is 13.2. The van der Waals surface area contributed by atoms with Crippen molar-refractivity contribution in [2.75, 3.05) is 0 Å². The zero-order chi connectivity index (χ0) is 17.0. The maximum absolute atomic E-state index is 10.0. The van der Waals surface area contributed by atoms with Crippen LogP contribution >= 0.6 is 11.8 Å². The van der Waals surface area contributed by atoms with Gasteiger partial charge in [-0.25, -0.2) is 0 Å². The molecule has 0 spiro atoms. The SMILES string of the molecule is CC(=N[N+](Cl)(c1ccccc1)c1ccccc1)c1ncccc1O. The molecule has 5 heteroatoms. The molecule has 1 heterocycles. The summed E-state index contributed by atoms with van der Waals surface area (Å²) in [5, 5.41) is 14.7. The minimum Gasteiger partial charge on any atom is -0.506 e. The molecule has 120 valence electrons. The average molecular weight is 339 g/mol. The van der Waals surface area contributed by atoms with Crippen molar-refractivity contribution in [1.82, 2.24) is 9.10 Å². The van der Waals surface area contributed by atoms with E-state index >= 15 is 0 Å². The van der Waals surface area contributed by atoms with Gasteiger partial charge < -0.3 is 5.11 Å². The van der Waals surface area contributed by atoms with Crippen molar-refractivity contribution in [1.29, 1.82) is 0 Å². The number of nitrogens with zero attached hydrogens (tertiary/aromatic N) is 3. The van der Waals surface area contributed by atoms with Crippen molar-refractivity contribution >= 4 is 28.9 Å². The topological polar surface area (TPSA) is 45.5 Å². The van der Waals surface area contributed by atoms with Crippen LogP contribution in [0.15, 0.2) is 84.1 Å². The number of benzene rings is 2. The molecule has 0 bridgehead atoms. The molecule has 3 rings (SSSR count). The highest BCUT2D eigenvalue weighted by atomic mass is 35.5. The van der Waals surface area contributed by atoms with E-state index < -0.39 is 0 Å². The number of aromatic nitrogens is 1. The number of halogens is 1. The monoisotopic (exact) mass is 338 g/mol. The Bertz CT molecular complexity index is 811. The number of aromatic hydroxyl groups is 1. The highest BCUT2D eigenvalue weighted by Gasteiger charge is 2.34. The van der Waals surface area contributed by atoms with Crippen LogP contribution in [0.25, 0.3) is 0 Å². The highest BCUT2D eigenvalue weighted by molar-refractivity contribution is 6.25. The Morgan fingerprint density at radius 2 is 1.46 bits per heavy atom. The molecule has 0 unspecified atom stereocenters. The standard InChI is InChI=1S/C19H16ClN3O/c1-15(19-18(24)13-8-14-21-19)22-23(20,16-9-4-2-5-10-16)17-11-6-3-7-12-17/h2-14H,1H3/p+1. The molecule has 24 heavy (non-hydrogen) atoms. The molecule has 1 N–H and O–H groups in total. The van der Waals surface area contributed by atoms with E-state index in [0.717, 1.165) is 11.4 Å². The first-order valence-corrected chi connectivity index (χ1v) is 7.86. The first kappa shape index (κ1) is 16.2. The molecule has 0 aliphatic heterocycles. The van der Waals surface area contributed by atoms with Gasteiger partial charge >= 0.3 is 0 Å². The predicted octanol–water partition coefficient (Wildman–Crippen LogP) is 5.00. The van der Waals surface area contributed by atoms with Crippen LogP contribution in [-0.2, 0) is 0 Å². The van der Waals surface area contributed by atoms with Crippen molar-refractivity contribution in [3.05, 3.63) is 84.7 Å². The number of pyridine rings is 1. The summed E-state index contributed by atoms with van der Waals surface area (Å²) in [7, 11) is 0. The van der Waals surface area contributed by atoms with Gasteiger partial charge in [0.05, 0.1) is 0 Å². The van der Waals surface area contributed by atoms with Crippen molar-refractivity contribution < 1.29 is 5.11 Å². The molecular formula is C19H17ClN3O+. The summed E-state index contributed by atoms with van der Waals surface area (Å²) in [6, 6.07) is 22.4. The molecule has 0 atom stereocenters. The number of hydrogen-bond donors (Lipinski definition) is 1. The zero-order valence-corrected chi connectivity index (χ0v) is 13.9. The van der Waals surface area contributed by atoms with Gasteiger partial charge in [0.15, 0.2) is 11.4 Å². The summed E-state index contributed by atoms with van der Waals surface area (Å²) in [5.74, 6) is 0.0723. The number of rotatable bonds is 4. The van der Waals surface area contributed by atoms with E-state index in [9.17, 15) is 5.11 Å². The Kier molecular flexibility index (Phi) is 4.60. The van der Waals surface area contributed by atoms with Crippen LogP contribution in [0.5, 0.6) is 5.75 Å². The summed E-state index contributed by atoms with van der Waals surface area (Å²) >= 11 is 6.93. The minimum absolute atomic E-state index is 0.0723. The van der Waals surface area contributed by atoms with Gasteiger partial charge in [0.25, 0.3) is 0 Å². The molecule has 0 amide bonds. The van der Waals surface area contributed by atoms with E-state index in [4.69, 9.17) is 11.8 Å². The van der Waals surface area contributed by atoms with E-state index in [0.29, 0.717) is 11.4 Å². The second kappa shape index (κ2) is 6.83. The molecule has 1 aromatic heterocycles. The highest BCUT2D eigenvalue weighted by Crippen LogP contribution is 2.38. The third kappa shape index (κ3) is 3.15. The van der Waals surface area contributed by atoms with Crippen LogP contribution in [0, 0.1) is 0 Å². The van der Waals surface area contributed by atoms with E-state index in [2.05, 4.69) is 10.1 Å². The Morgan fingerprint density at radius 3 is 1.96 bits per heavy atom. The normalized spacial score (nSPS) is 12.2. The van der Waals surface area contributed by atoms with E-state index in [1.165, 1.54) is 0 Å². The maximum atomic E-state index is 10.0. The lowest BCUT2D eigenvalue weighted by atomic mass is 10.2. The number of para-hydroxylation sites is 2. The third-order valence-electron chi connectivity index (χ3n) is 3.61. The fourth-order valence-corrected chi connectivity index (χ4v) is 2.78. The first-order chi connectivity index (χ1) is 11.6. The van der Waals surface area contributed by atoms with Gasteiger partial charge in [-0.05, 0) is 23.2 Å². The van der Waals surface area contributed by atoms with Gasteiger partial charge in [0, 0.05) is 30.5 Å². The van der Waals surface area contributed by atoms with E-state index in [-0.39, 0.29) is 9.86 Å². The molecule has 0 saturated carbocycles. The summed E-state index contributed by atoms with van der Waals surface area (Å²) in [6.07, 6.45) is 1.61. The maximum Gasteiger partial charge on any atom is 0.209 e. The van der Waals surface area contributed by atoms with Gasteiger partial charge in [-0.2, -0.15) is 0 Å². The molecule has 3 aromatic rings. The molecular weight excluding hydrogens is 322 g/mol. The minimum atomic E-state index is -0.288. The van der Waals surface area contributed by atoms with Crippen LogP contribution < -0.4 is 4.11 Å². The quantitative estimate of drug-likeness (QED) is 0.413. The molecule has 0 radical (unpaired) electrons. The van der Waals surface area contributed by atoms with Gasteiger partial charge in [-0.3, -0.25) is 4.98 Å². The van der Waals surface area contributed by atoms with Gasteiger partial charge in [-0.15, -0.1) is 0 Å². The van der Waals surface area contributed by atoms with Crippen LogP contribution in [0.1, 0.15) is 12.6 Å². The Balaban J connectivity index is 2.16. The fraction of sp³-hybridized carbons (Fsp3) is 0.0526. The lowest BCUT2D eigenvalue weighted by Gasteiger charge is -2.22. The smallest absolute Gasteiger partial charge is 0.209 e. The lowest BCUT2D eigenvalue weighted by Crippen LogP contribution is -2.28. The second-order valence-corrected chi connectivity index (χ2v) is 5.77. The van der Waals surface area contributed by atoms with E-state index in [1.54, 1.807) is 25.3 Å². The van der Waals surface area contributed by atoms with Gasteiger partial charge in [0.1, 0.15) is 17.2 Å². The van der Waals surface area contributed by atoms with Gasteiger partial charge in [0.2, 0.25) is 11.8 Å². The average Bonchev–Trinajstić information content (AvgIpc) is 2.63. The molecule has 0 aliphatic carbocycles. The summed E-state index contributed by atoms with van der Waals surface area (Å²) in [5.41, 5.74) is 2.53. The number of hydrogen-bond acceptors (Lipinski definition) is 3. The second-order valence-electron chi connectivity index (χ2n) is 5.28. The largest absolute Gasteiger partial charge is 0.506 e. The molecule has 0 saturated heterocycles. The Hall–Kier alpha value is -2.69. The van der Waals surface area contributed by atoms with Crippen LogP contribution in [0.3, 0.4) is 0 Å². The van der Waals surface area contributed by atoms with Crippen molar-refractivity contribution in [2.24, 2.45) is 5.10 Å². The predicted molar refractivity (Wildman–Crippen MR) is 98.3 cm³/mol. The third-order valence-corrected chi connectivity index (χ3v) is 4.08. The summed E-state index contributed by atoms with van der Waals surface area (Å²) < 4.78 is -0.288. The molecule has 0 aliphatic rings. The first-order valence-electron chi connectivity index (χ1n) is 7.52. The summed E-state index contributed by atoms with van der Waals surface area (Å²) in [6.45, 7) is 1.78. The molecule has 4 nitrogen and oxygen atoms in total. The van der Waals surface area contributed by atoms with E-state index in [1.807, 2.05) is 60.7 Å². The van der Waals surface area contributed by atoms with Crippen LogP contribution in [-0.4, -0.2) is 15.8 Å². The molecule has 2 aromatic carbocycles. The summed E-state index contributed by atoms with van der Waals surface area (Å²) in [4.78, 5) is 4.20. The lowest BCUT2D eigenvalue weighted by molar-refractivity contribution is 0.471.